The standard InChI is InChI=1S/C14H13ClFN/c15-13-10-12(16)6-7-14(13)17-9-8-11-4-2-1-3-5-11/h1-7,10,17H,8-9H2. The number of rotatable bonds is 4. The summed E-state index contributed by atoms with van der Waals surface area (Å²) >= 11 is 5.91. The van der Waals surface area contributed by atoms with Gasteiger partial charge in [-0.1, -0.05) is 41.9 Å². The van der Waals surface area contributed by atoms with Crippen molar-refractivity contribution in [2.45, 2.75) is 6.42 Å². The zero-order chi connectivity index (χ0) is 12.1. The highest BCUT2D eigenvalue weighted by molar-refractivity contribution is 6.33. The fourth-order valence-electron chi connectivity index (χ4n) is 1.62. The SMILES string of the molecule is Fc1ccc(NCCc2ccccc2)c(Cl)c1. The number of hydrogen-bond acceptors (Lipinski definition) is 1. The first kappa shape index (κ1) is 11.9. The minimum absolute atomic E-state index is 0.316. The lowest BCUT2D eigenvalue weighted by Gasteiger charge is -2.08. The van der Waals surface area contributed by atoms with Gasteiger partial charge in [0.25, 0.3) is 0 Å². The summed E-state index contributed by atoms with van der Waals surface area (Å²) in [5.41, 5.74) is 2.03. The summed E-state index contributed by atoms with van der Waals surface area (Å²) in [4.78, 5) is 0. The van der Waals surface area contributed by atoms with Gasteiger partial charge in [-0.05, 0) is 30.2 Å². The lowest BCUT2D eigenvalue weighted by molar-refractivity contribution is 0.628. The van der Waals surface area contributed by atoms with Gasteiger partial charge >= 0.3 is 0 Å². The first-order chi connectivity index (χ1) is 8.25. The molecule has 2 aromatic carbocycles. The molecule has 0 bridgehead atoms. The Kier molecular flexibility index (Phi) is 3.99. The monoisotopic (exact) mass is 249 g/mol. The van der Waals surface area contributed by atoms with Gasteiger partial charge < -0.3 is 5.32 Å². The quantitative estimate of drug-likeness (QED) is 0.859. The third-order valence-electron chi connectivity index (χ3n) is 2.50. The van der Waals surface area contributed by atoms with E-state index >= 15 is 0 Å². The van der Waals surface area contributed by atoms with Crippen molar-refractivity contribution in [3.05, 3.63) is 64.9 Å². The van der Waals surface area contributed by atoms with Crippen LogP contribution < -0.4 is 5.32 Å². The van der Waals surface area contributed by atoms with Crippen LogP contribution in [0.15, 0.2) is 48.5 Å². The zero-order valence-corrected chi connectivity index (χ0v) is 10.0. The molecule has 0 unspecified atom stereocenters. The van der Waals surface area contributed by atoms with Crippen molar-refractivity contribution in [3.8, 4) is 0 Å². The molecule has 0 aromatic heterocycles. The molecule has 3 heteroatoms. The molecule has 0 aliphatic heterocycles. The van der Waals surface area contributed by atoms with Crippen molar-refractivity contribution < 1.29 is 4.39 Å². The Morgan fingerprint density at radius 1 is 1.06 bits per heavy atom. The lowest BCUT2D eigenvalue weighted by atomic mass is 10.1. The van der Waals surface area contributed by atoms with Crippen LogP contribution >= 0.6 is 11.6 Å². The van der Waals surface area contributed by atoms with Crippen molar-refractivity contribution in [1.29, 1.82) is 0 Å². The molecule has 2 aromatic rings. The Morgan fingerprint density at radius 2 is 1.82 bits per heavy atom. The van der Waals surface area contributed by atoms with Crippen LogP contribution in [-0.2, 0) is 6.42 Å². The van der Waals surface area contributed by atoms with Gasteiger partial charge in [0.05, 0.1) is 10.7 Å². The second kappa shape index (κ2) is 5.69. The van der Waals surface area contributed by atoms with E-state index in [-0.39, 0.29) is 5.82 Å². The summed E-state index contributed by atoms with van der Waals surface area (Å²) in [7, 11) is 0. The van der Waals surface area contributed by atoms with E-state index in [9.17, 15) is 4.39 Å². The van der Waals surface area contributed by atoms with E-state index in [0.29, 0.717) is 5.02 Å². The normalized spacial score (nSPS) is 10.2. The van der Waals surface area contributed by atoms with Crippen LogP contribution in [0, 0.1) is 5.82 Å². The van der Waals surface area contributed by atoms with Gasteiger partial charge in [-0.25, -0.2) is 4.39 Å². The van der Waals surface area contributed by atoms with Gasteiger partial charge in [0, 0.05) is 6.54 Å². The zero-order valence-electron chi connectivity index (χ0n) is 9.29. The number of benzene rings is 2. The van der Waals surface area contributed by atoms with E-state index in [1.54, 1.807) is 6.07 Å². The molecule has 1 N–H and O–H groups in total. The topological polar surface area (TPSA) is 12.0 Å². The maximum absolute atomic E-state index is 12.8. The molecule has 0 amide bonds. The molecule has 17 heavy (non-hydrogen) atoms. The van der Waals surface area contributed by atoms with Crippen molar-refractivity contribution in [2.24, 2.45) is 0 Å². The Bertz CT molecular complexity index is 485. The van der Waals surface area contributed by atoms with Crippen LogP contribution in [0.1, 0.15) is 5.56 Å². The number of anilines is 1. The Morgan fingerprint density at radius 3 is 2.53 bits per heavy atom. The molecule has 0 aliphatic rings. The molecular formula is C14H13ClFN. The van der Waals surface area contributed by atoms with E-state index in [0.717, 1.165) is 18.7 Å². The molecule has 1 nitrogen and oxygen atoms in total. The Hall–Kier alpha value is -1.54. The molecule has 2 rings (SSSR count). The highest BCUT2D eigenvalue weighted by atomic mass is 35.5. The van der Waals surface area contributed by atoms with E-state index in [1.165, 1.54) is 17.7 Å². The summed E-state index contributed by atoms with van der Waals surface area (Å²) in [5, 5.41) is 3.60. The predicted octanol–water partition coefficient (Wildman–Crippen LogP) is 4.13. The van der Waals surface area contributed by atoms with Crippen molar-refractivity contribution in [3.63, 3.8) is 0 Å². The summed E-state index contributed by atoms with van der Waals surface area (Å²) in [6.45, 7) is 0.773. The highest BCUT2D eigenvalue weighted by Gasteiger charge is 2.00. The van der Waals surface area contributed by atoms with Gasteiger partial charge in [-0.3, -0.25) is 0 Å². The van der Waals surface area contributed by atoms with Crippen LogP contribution in [-0.4, -0.2) is 6.54 Å². The van der Waals surface area contributed by atoms with Crippen LogP contribution in [0.2, 0.25) is 5.02 Å². The van der Waals surface area contributed by atoms with E-state index in [4.69, 9.17) is 11.6 Å². The van der Waals surface area contributed by atoms with Gasteiger partial charge in [-0.15, -0.1) is 0 Å². The minimum Gasteiger partial charge on any atom is -0.384 e. The number of halogens is 2. The predicted molar refractivity (Wildman–Crippen MR) is 70.0 cm³/mol. The molecule has 0 aliphatic carbocycles. The van der Waals surface area contributed by atoms with Crippen molar-refractivity contribution in [2.75, 3.05) is 11.9 Å². The number of hydrogen-bond donors (Lipinski definition) is 1. The maximum atomic E-state index is 12.8. The van der Waals surface area contributed by atoms with Crippen molar-refractivity contribution >= 4 is 17.3 Å². The fourth-order valence-corrected chi connectivity index (χ4v) is 1.85. The summed E-state index contributed by atoms with van der Waals surface area (Å²) < 4.78 is 12.8. The van der Waals surface area contributed by atoms with Gasteiger partial charge in [-0.2, -0.15) is 0 Å². The van der Waals surface area contributed by atoms with Gasteiger partial charge in [0.1, 0.15) is 5.82 Å². The average Bonchev–Trinajstić information content (AvgIpc) is 2.33. The second-order valence-corrected chi connectivity index (χ2v) is 4.19. The lowest BCUT2D eigenvalue weighted by Crippen LogP contribution is -2.05. The molecule has 0 radical (unpaired) electrons. The molecular weight excluding hydrogens is 237 g/mol. The van der Waals surface area contributed by atoms with Crippen LogP contribution in [0.5, 0.6) is 0 Å². The summed E-state index contributed by atoms with van der Waals surface area (Å²) in [6.07, 6.45) is 0.911. The second-order valence-electron chi connectivity index (χ2n) is 3.79. The van der Waals surface area contributed by atoms with E-state index in [2.05, 4.69) is 17.4 Å². The average molecular weight is 250 g/mol. The number of nitrogens with one attached hydrogen (secondary N) is 1. The van der Waals surface area contributed by atoms with Gasteiger partial charge in [0.2, 0.25) is 0 Å². The fraction of sp³-hybridized carbons (Fsp3) is 0.143. The molecule has 0 atom stereocenters. The molecule has 0 fully saturated rings. The minimum atomic E-state index is -0.316. The smallest absolute Gasteiger partial charge is 0.124 e. The molecule has 0 saturated heterocycles. The van der Waals surface area contributed by atoms with Crippen LogP contribution in [0.3, 0.4) is 0 Å². The molecule has 0 spiro atoms. The highest BCUT2D eigenvalue weighted by Crippen LogP contribution is 2.22. The Balaban J connectivity index is 1.90. The molecule has 0 heterocycles. The van der Waals surface area contributed by atoms with E-state index < -0.39 is 0 Å². The first-order valence-electron chi connectivity index (χ1n) is 5.48. The Labute approximate surface area is 105 Å². The van der Waals surface area contributed by atoms with Crippen LogP contribution in [0.4, 0.5) is 10.1 Å². The van der Waals surface area contributed by atoms with E-state index in [1.807, 2.05) is 18.2 Å². The molecule has 88 valence electrons. The van der Waals surface area contributed by atoms with Gasteiger partial charge in [0.15, 0.2) is 0 Å². The maximum Gasteiger partial charge on any atom is 0.124 e. The first-order valence-corrected chi connectivity index (χ1v) is 5.86. The molecule has 0 saturated carbocycles. The largest absolute Gasteiger partial charge is 0.384 e. The third kappa shape index (κ3) is 3.46. The third-order valence-corrected chi connectivity index (χ3v) is 2.82. The van der Waals surface area contributed by atoms with Crippen LogP contribution in [0.25, 0.3) is 0 Å². The summed E-state index contributed by atoms with van der Waals surface area (Å²) in [6, 6.07) is 14.5. The summed E-state index contributed by atoms with van der Waals surface area (Å²) in [5.74, 6) is -0.316. The van der Waals surface area contributed by atoms with Crippen molar-refractivity contribution in [1.82, 2.24) is 0 Å².